The number of halogens is 3. The number of anilines is 9. The van der Waals surface area contributed by atoms with Gasteiger partial charge in [-0.2, -0.15) is 15.0 Å². The van der Waals surface area contributed by atoms with Crippen molar-refractivity contribution in [3.63, 3.8) is 0 Å². The maximum atomic E-state index is 9.63. The summed E-state index contributed by atoms with van der Waals surface area (Å²) in [5.41, 5.74) is 8.73. The molecule has 0 saturated heterocycles. The van der Waals surface area contributed by atoms with Crippen molar-refractivity contribution >= 4 is 95.7 Å². The van der Waals surface area contributed by atoms with E-state index in [1.165, 1.54) is 0 Å². The van der Waals surface area contributed by atoms with Gasteiger partial charge >= 0.3 is 0 Å². The lowest BCUT2D eigenvalue weighted by molar-refractivity contribution is 0.0569. The molecule has 63 heavy (non-hydrogen) atoms. The Labute approximate surface area is 385 Å². The molecule has 4 aromatic heterocycles. The van der Waals surface area contributed by atoms with Crippen LogP contribution in [0.2, 0.25) is 5.28 Å². The summed E-state index contributed by atoms with van der Waals surface area (Å²) in [7, 11) is 0. The zero-order valence-corrected chi connectivity index (χ0v) is 38.5. The van der Waals surface area contributed by atoms with E-state index in [4.69, 9.17) is 37.0 Å². The van der Waals surface area contributed by atoms with E-state index in [1.807, 2.05) is 36.4 Å². The van der Waals surface area contributed by atoms with Gasteiger partial charge in [0, 0.05) is 48.2 Å². The van der Waals surface area contributed by atoms with Crippen molar-refractivity contribution in [2.45, 2.75) is 52.1 Å². The number of nitrogen functional groups attached to an aromatic ring is 1. The molecule has 0 fully saturated rings. The molecule has 0 spiro atoms. The lowest BCUT2D eigenvalue weighted by atomic mass is 10.3. The average molecular weight is 1020 g/mol. The van der Waals surface area contributed by atoms with Crippen molar-refractivity contribution in [2.75, 3.05) is 58.6 Å². The highest BCUT2D eigenvalue weighted by Gasteiger charge is 2.16. The van der Waals surface area contributed by atoms with Gasteiger partial charge in [0.1, 0.15) is 23.8 Å². The highest BCUT2D eigenvalue weighted by atomic mass is 79.9. The molecule has 23 heteroatoms. The van der Waals surface area contributed by atoms with Crippen molar-refractivity contribution in [2.24, 2.45) is 0 Å². The first-order valence-electron chi connectivity index (χ1n) is 19.2. The Morgan fingerprint density at radius 3 is 1.40 bits per heavy atom. The number of nitrogens with two attached hydrogens (primary N) is 1. The van der Waals surface area contributed by atoms with Crippen LogP contribution >= 0.6 is 43.5 Å². The zero-order chi connectivity index (χ0) is 45.7. The van der Waals surface area contributed by atoms with Crippen LogP contribution in [0.3, 0.4) is 0 Å². The van der Waals surface area contributed by atoms with E-state index in [-0.39, 0.29) is 24.6 Å². The van der Waals surface area contributed by atoms with Crippen LogP contribution in [0.15, 0.2) is 94.4 Å². The third kappa shape index (κ3) is 17.9. The second-order valence-corrected chi connectivity index (χ2v) is 15.2. The van der Waals surface area contributed by atoms with E-state index < -0.39 is 18.3 Å². The van der Waals surface area contributed by atoms with Gasteiger partial charge in [-0.3, -0.25) is 0 Å². The number of aliphatic hydroxyl groups excluding tert-OH is 4. The summed E-state index contributed by atoms with van der Waals surface area (Å²) in [6.07, 6.45) is 4.35. The topological polar surface area (TPSA) is 289 Å². The van der Waals surface area contributed by atoms with E-state index in [0.29, 0.717) is 69.0 Å². The number of aromatic nitrogens is 8. The number of nitrogens with one attached hydrogen (secondary N) is 5. The summed E-state index contributed by atoms with van der Waals surface area (Å²) in [4.78, 5) is 33.1. The van der Waals surface area contributed by atoms with Gasteiger partial charge < -0.3 is 62.2 Å². The largest absolute Gasteiger partial charge is 0.471 e. The highest BCUT2D eigenvalue weighted by Crippen LogP contribution is 2.27. The van der Waals surface area contributed by atoms with Gasteiger partial charge in [-0.15, -0.1) is 0 Å². The molecule has 6 rings (SSSR count). The third-order valence-electron chi connectivity index (χ3n) is 8.06. The molecule has 0 radical (unpaired) electrons. The van der Waals surface area contributed by atoms with Crippen LogP contribution in [0.25, 0.3) is 0 Å². The number of benzene rings is 2. The minimum Gasteiger partial charge on any atom is -0.471 e. The minimum absolute atomic E-state index is 0.0243. The van der Waals surface area contributed by atoms with Crippen LogP contribution in [-0.2, 0) is 0 Å². The molecule has 0 amide bonds. The van der Waals surface area contributed by atoms with Gasteiger partial charge in [0.05, 0.1) is 46.8 Å². The Hall–Kier alpha value is -5.75. The summed E-state index contributed by atoms with van der Waals surface area (Å²) in [5, 5.41) is 51.8. The van der Waals surface area contributed by atoms with Gasteiger partial charge in [0.2, 0.25) is 34.9 Å². The van der Waals surface area contributed by atoms with Gasteiger partial charge in [-0.25, -0.2) is 24.9 Å². The van der Waals surface area contributed by atoms with Crippen LogP contribution < -0.4 is 41.8 Å². The van der Waals surface area contributed by atoms with Crippen LogP contribution in [0.4, 0.5) is 52.2 Å². The van der Waals surface area contributed by atoms with Crippen molar-refractivity contribution in [3.8, 4) is 11.8 Å². The number of hydrogen-bond donors (Lipinski definition) is 10. The first-order valence-corrected chi connectivity index (χ1v) is 21.2. The number of nitrogens with zero attached hydrogens (tertiary/aromatic N) is 8. The fourth-order valence-corrected chi connectivity index (χ4v) is 5.16. The summed E-state index contributed by atoms with van der Waals surface area (Å²) in [6, 6.07) is 18.1. The standard InChI is InChI=1S/C20H24BrN7O3.C14H17BrN4O2.C6H8ClN3O/c1-12(30)13(2)31-18-16(21)11-24-20(28-18)26-15-5-3-14(4-6-15)25-19-23-8-7-17(27-19)22-9-10-29;1-8(20)9(2)21-13-12(15)7-17-14(19-13)18-11-5-3-10(16)4-6-11;7-6-9-2-1-5(10-6)8-3-4-11/h3-8,11-13,29-30H,9-10H2,1-2H3,(H,24,26,28)(H2,22,23,25,27);3-9,20H,16H2,1-2H3,(H,17,18,19);1-2,11H,3-4H2,(H,8,9,10)/t12-,13-;8-,9-;/m11./s1. The number of aliphatic hydroxyl groups is 4. The fourth-order valence-electron chi connectivity index (χ4n) is 4.45. The van der Waals surface area contributed by atoms with E-state index in [9.17, 15) is 10.2 Å². The molecule has 20 nitrogen and oxygen atoms in total. The molecule has 336 valence electrons. The van der Waals surface area contributed by atoms with Crippen LogP contribution in [0.1, 0.15) is 27.7 Å². The van der Waals surface area contributed by atoms with Crippen molar-refractivity contribution in [3.05, 3.63) is 99.7 Å². The second-order valence-electron chi connectivity index (χ2n) is 13.2. The van der Waals surface area contributed by atoms with E-state index in [0.717, 1.165) is 17.1 Å². The van der Waals surface area contributed by atoms with Gasteiger partial charge in [0.15, 0.2) is 0 Å². The molecule has 0 aliphatic carbocycles. The van der Waals surface area contributed by atoms with Crippen LogP contribution in [0, 0.1) is 0 Å². The monoisotopic (exact) mass is 1010 g/mol. The van der Waals surface area contributed by atoms with Crippen molar-refractivity contribution in [1.82, 2.24) is 39.9 Å². The Morgan fingerprint density at radius 2 is 0.984 bits per heavy atom. The van der Waals surface area contributed by atoms with E-state index in [2.05, 4.69) is 98.3 Å². The first-order chi connectivity index (χ1) is 30.2. The average Bonchev–Trinajstić information content (AvgIpc) is 3.26. The lowest BCUT2D eigenvalue weighted by Crippen LogP contribution is -2.26. The second kappa shape index (κ2) is 26.0. The van der Waals surface area contributed by atoms with Crippen LogP contribution in [-0.4, -0.2) is 111 Å². The zero-order valence-electron chi connectivity index (χ0n) is 34.6. The van der Waals surface area contributed by atoms with Crippen molar-refractivity contribution in [1.29, 1.82) is 0 Å². The maximum absolute atomic E-state index is 9.63. The van der Waals surface area contributed by atoms with Gasteiger partial charge in [-0.05, 0) is 132 Å². The first kappa shape index (κ1) is 49.9. The SMILES string of the molecule is C[C@@H](O)[C@@H](C)Oc1nc(Nc2ccc(N)cc2)ncc1Br.C[C@@H](O)[C@@H](C)Oc1nc(Nc2ccc(Nc3nccc(NCCO)n3)cc2)ncc1Br.OCCNc1ccnc(Cl)n1. The third-order valence-corrected chi connectivity index (χ3v) is 9.33. The normalized spacial score (nSPS) is 12.4. The summed E-state index contributed by atoms with van der Waals surface area (Å²) in [5.74, 6) is 3.17. The Kier molecular flexibility index (Phi) is 20.6. The molecular weight excluding hydrogens is 968 g/mol. The van der Waals surface area contributed by atoms with E-state index >= 15 is 0 Å². The fraction of sp³-hybridized carbons (Fsp3) is 0.300. The smallest absolute Gasteiger partial charge is 0.233 e. The molecule has 4 heterocycles. The molecule has 6 aromatic rings. The molecule has 0 aliphatic heterocycles. The predicted molar refractivity (Wildman–Crippen MR) is 250 cm³/mol. The molecule has 0 bridgehead atoms. The molecule has 4 atom stereocenters. The number of rotatable bonds is 18. The summed E-state index contributed by atoms with van der Waals surface area (Å²) >= 11 is 12.2. The Bertz CT molecular complexity index is 2290. The molecule has 0 saturated carbocycles. The lowest BCUT2D eigenvalue weighted by Gasteiger charge is -2.17. The summed E-state index contributed by atoms with van der Waals surface area (Å²) < 4.78 is 12.5. The quantitative estimate of drug-likeness (QED) is 0.0333. The predicted octanol–water partition coefficient (Wildman–Crippen LogP) is 6.32. The Morgan fingerprint density at radius 1 is 0.587 bits per heavy atom. The number of ether oxygens (including phenoxy) is 2. The van der Waals surface area contributed by atoms with Crippen molar-refractivity contribution < 1.29 is 29.9 Å². The Balaban J connectivity index is 0.000000233. The van der Waals surface area contributed by atoms with E-state index in [1.54, 1.807) is 76.7 Å². The number of hydrogen-bond acceptors (Lipinski definition) is 20. The highest BCUT2D eigenvalue weighted by molar-refractivity contribution is 9.10. The molecule has 2 aromatic carbocycles. The molecular formula is C40H49Br2ClN14O6. The van der Waals surface area contributed by atoms with Gasteiger partial charge in [-0.1, -0.05) is 0 Å². The van der Waals surface area contributed by atoms with Crippen LogP contribution in [0.5, 0.6) is 11.8 Å². The maximum Gasteiger partial charge on any atom is 0.233 e. The molecule has 0 aliphatic rings. The molecule has 11 N–H and O–H groups in total. The molecule has 0 unspecified atom stereocenters. The van der Waals surface area contributed by atoms with Gasteiger partial charge in [0.25, 0.3) is 0 Å². The minimum atomic E-state index is -0.631. The summed E-state index contributed by atoms with van der Waals surface area (Å²) in [6.45, 7) is 7.83.